The number of hydrogen-bond donors (Lipinski definition) is 0. The Morgan fingerprint density at radius 1 is 1.00 bits per heavy atom. The van der Waals surface area contributed by atoms with Gasteiger partial charge in [-0.25, -0.2) is 0 Å². The summed E-state index contributed by atoms with van der Waals surface area (Å²) < 4.78 is 5.49. The highest BCUT2D eigenvalue weighted by Gasteiger charge is 2.69. The van der Waals surface area contributed by atoms with Gasteiger partial charge >= 0.3 is 0 Å². The van der Waals surface area contributed by atoms with Crippen molar-refractivity contribution in [3.63, 3.8) is 0 Å². The van der Waals surface area contributed by atoms with Crippen molar-refractivity contribution in [3.8, 4) is 12.1 Å². The van der Waals surface area contributed by atoms with Crippen LogP contribution in [0.25, 0.3) is 0 Å². The number of alkyl halides is 2. The van der Waals surface area contributed by atoms with E-state index in [1.54, 1.807) is 0 Å². The van der Waals surface area contributed by atoms with Gasteiger partial charge in [0.05, 0.1) is 22.2 Å². The lowest BCUT2D eigenvalue weighted by molar-refractivity contribution is 0.0458. The quantitative estimate of drug-likeness (QED) is 0.731. The number of fused-ring (bicyclic) bond motifs is 2. The molecular formula is C10H6Cl4N2O. The van der Waals surface area contributed by atoms with Gasteiger partial charge in [-0.2, -0.15) is 10.5 Å². The summed E-state index contributed by atoms with van der Waals surface area (Å²) >= 11 is 24.5. The van der Waals surface area contributed by atoms with E-state index in [1.165, 1.54) is 0 Å². The molecule has 7 heteroatoms. The van der Waals surface area contributed by atoms with E-state index in [2.05, 4.69) is 0 Å². The van der Waals surface area contributed by atoms with Crippen LogP contribution in [0.4, 0.5) is 0 Å². The van der Waals surface area contributed by atoms with E-state index >= 15 is 0 Å². The number of rotatable bonds is 2. The van der Waals surface area contributed by atoms with E-state index in [9.17, 15) is 0 Å². The van der Waals surface area contributed by atoms with Crippen LogP contribution in [0.5, 0.6) is 0 Å². The summed E-state index contributed by atoms with van der Waals surface area (Å²) in [7, 11) is 0. The average molecular weight is 312 g/mol. The molecule has 2 aliphatic heterocycles. The van der Waals surface area contributed by atoms with Gasteiger partial charge in [-0.05, 0) is 0 Å². The molecular weight excluding hydrogens is 306 g/mol. The second kappa shape index (κ2) is 4.19. The molecule has 0 radical (unpaired) electrons. The highest BCUT2D eigenvalue weighted by molar-refractivity contribution is 6.49. The molecule has 3 nitrogen and oxygen atoms in total. The molecule has 0 aromatic heterocycles. The molecule has 0 spiro atoms. The summed E-state index contributed by atoms with van der Waals surface area (Å²) in [6.45, 7) is 0. The van der Waals surface area contributed by atoms with Crippen LogP contribution in [0.2, 0.25) is 0 Å². The standard InChI is InChI=1S/C10H6Cl4N2O/c11-7-8(12)10(14)6(2-4-16)5(1-3-15)9(7,13)17-10/h5-6H,1-2H2/t5-,6-,9-,10-/m1/s1. The van der Waals surface area contributed by atoms with Gasteiger partial charge in [-0.15, -0.1) is 0 Å². The fraction of sp³-hybridized carbons (Fsp3) is 0.600. The third kappa shape index (κ3) is 1.58. The Labute approximate surface area is 118 Å². The van der Waals surface area contributed by atoms with Crippen LogP contribution in [0.3, 0.4) is 0 Å². The second-order valence-electron chi connectivity index (χ2n) is 3.96. The topological polar surface area (TPSA) is 56.8 Å². The van der Waals surface area contributed by atoms with Crippen molar-refractivity contribution in [2.75, 3.05) is 0 Å². The van der Waals surface area contributed by atoms with Gasteiger partial charge in [0.25, 0.3) is 0 Å². The van der Waals surface area contributed by atoms with Crippen LogP contribution >= 0.6 is 46.4 Å². The average Bonchev–Trinajstić information content (AvgIpc) is 2.60. The van der Waals surface area contributed by atoms with Crippen molar-refractivity contribution in [1.82, 2.24) is 0 Å². The zero-order chi connectivity index (χ0) is 12.8. The van der Waals surface area contributed by atoms with Gasteiger partial charge in [0.1, 0.15) is 0 Å². The Balaban J connectivity index is 2.50. The zero-order valence-corrected chi connectivity index (χ0v) is 11.4. The third-order valence-electron chi connectivity index (χ3n) is 3.15. The first-order valence-corrected chi connectivity index (χ1v) is 6.31. The van der Waals surface area contributed by atoms with Gasteiger partial charge in [0.2, 0.25) is 0 Å². The number of nitrogens with zero attached hydrogens (tertiary/aromatic N) is 2. The lowest BCUT2D eigenvalue weighted by Crippen LogP contribution is -2.36. The summed E-state index contributed by atoms with van der Waals surface area (Å²) in [5.74, 6) is -0.886. The first-order chi connectivity index (χ1) is 7.91. The maximum atomic E-state index is 8.81. The van der Waals surface area contributed by atoms with Crippen molar-refractivity contribution in [1.29, 1.82) is 10.5 Å². The predicted molar refractivity (Wildman–Crippen MR) is 64.4 cm³/mol. The van der Waals surface area contributed by atoms with Gasteiger partial charge in [0.15, 0.2) is 10.1 Å². The molecule has 0 saturated carbocycles. The minimum Gasteiger partial charge on any atom is -0.327 e. The smallest absolute Gasteiger partial charge is 0.185 e. The molecule has 1 fully saturated rings. The molecule has 0 aliphatic carbocycles. The summed E-state index contributed by atoms with van der Waals surface area (Å²) in [5.41, 5.74) is 0. The Hall–Kier alpha value is -0.160. The van der Waals surface area contributed by atoms with Crippen LogP contribution < -0.4 is 0 Å². The predicted octanol–water partition coefficient (Wildman–Crippen LogP) is 3.65. The Morgan fingerprint density at radius 3 is 1.65 bits per heavy atom. The van der Waals surface area contributed by atoms with Crippen molar-refractivity contribution in [2.45, 2.75) is 23.0 Å². The molecule has 1 saturated heterocycles. The van der Waals surface area contributed by atoms with Crippen molar-refractivity contribution >= 4 is 46.4 Å². The normalized spacial score (nSPS) is 43.6. The molecule has 2 bridgehead atoms. The van der Waals surface area contributed by atoms with Gasteiger partial charge < -0.3 is 4.74 Å². The van der Waals surface area contributed by atoms with E-state index in [0.717, 1.165) is 0 Å². The molecule has 0 aromatic carbocycles. The molecule has 0 amide bonds. The third-order valence-corrected chi connectivity index (χ3v) is 5.47. The summed E-state index contributed by atoms with van der Waals surface area (Å²) in [6, 6.07) is 4.01. The zero-order valence-electron chi connectivity index (χ0n) is 8.38. The van der Waals surface area contributed by atoms with E-state index in [0.29, 0.717) is 0 Å². The first-order valence-electron chi connectivity index (χ1n) is 4.80. The highest BCUT2D eigenvalue weighted by atomic mass is 35.5. The van der Waals surface area contributed by atoms with E-state index in [4.69, 9.17) is 61.7 Å². The number of ether oxygens (including phenoxy) is 1. The van der Waals surface area contributed by atoms with Crippen LogP contribution in [0.1, 0.15) is 12.8 Å². The molecule has 0 N–H and O–H groups in total. The highest BCUT2D eigenvalue weighted by Crippen LogP contribution is 2.67. The maximum Gasteiger partial charge on any atom is 0.185 e. The molecule has 0 aromatic rings. The van der Waals surface area contributed by atoms with E-state index in [-0.39, 0.29) is 22.9 Å². The largest absolute Gasteiger partial charge is 0.327 e. The summed E-state index contributed by atoms with van der Waals surface area (Å²) in [4.78, 5) is 0. The van der Waals surface area contributed by atoms with Crippen molar-refractivity contribution in [2.24, 2.45) is 11.8 Å². The molecule has 2 aliphatic rings. The first kappa shape index (κ1) is 13.3. The van der Waals surface area contributed by atoms with Crippen LogP contribution in [0.15, 0.2) is 10.1 Å². The summed E-state index contributed by atoms with van der Waals surface area (Å²) in [6.07, 6.45) is 0.204. The van der Waals surface area contributed by atoms with Crippen molar-refractivity contribution in [3.05, 3.63) is 10.1 Å². The maximum absolute atomic E-state index is 8.81. The molecule has 90 valence electrons. The lowest BCUT2D eigenvalue weighted by Gasteiger charge is -2.31. The number of nitriles is 2. The minimum atomic E-state index is -1.38. The SMILES string of the molecule is N#CC[C@@H]1[C@@H](CC#N)[C@@]2(Cl)O[C@@]1(Cl)C(Cl)=C2Cl. The van der Waals surface area contributed by atoms with E-state index < -0.39 is 22.0 Å². The lowest BCUT2D eigenvalue weighted by atomic mass is 9.78. The summed E-state index contributed by atoms with van der Waals surface area (Å²) in [5, 5.41) is 15.1. The molecule has 4 atom stereocenters. The van der Waals surface area contributed by atoms with Gasteiger partial charge in [0, 0.05) is 24.7 Å². The second-order valence-corrected chi connectivity index (χ2v) is 5.84. The fourth-order valence-electron chi connectivity index (χ4n) is 2.34. The fourth-order valence-corrected chi connectivity index (χ4v) is 4.01. The Bertz CT molecular complexity index is 438. The molecule has 2 rings (SSSR count). The molecule has 2 heterocycles. The minimum absolute atomic E-state index is 0.102. The molecule has 0 unspecified atom stereocenters. The van der Waals surface area contributed by atoms with E-state index in [1.807, 2.05) is 12.1 Å². The Morgan fingerprint density at radius 2 is 1.35 bits per heavy atom. The number of hydrogen-bond acceptors (Lipinski definition) is 3. The molecule has 17 heavy (non-hydrogen) atoms. The van der Waals surface area contributed by atoms with Crippen LogP contribution in [-0.4, -0.2) is 10.1 Å². The van der Waals surface area contributed by atoms with Crippen LogP contribution in [-0.2, 0) is 4.74 Å². The Kier molecular flexibility index (Phi) is 3.28. The van der Waals surface area contributed by atoms with Crippen molar-refractivity contribution < 1.29 is 4.74 Å². The van der Waals surface area contributed by atoms with Crippen LogP contribution in [0, 0.1) is 34.5 Å². The van der Waals surface area contributed by atoms with Gasteiger partial charge in [-0.1, -0.05) is 46.4 Å². The monoisotopic (exact) mass is 310 g/mol. The van der Waals surface area contributed by atoms with Gasteiger partial charge in [-0.3, -0.25) is 0 Å². The number of halogens is 4.